The summed E-state index contributed by atoms with van der Waals surface area (Å²) in [6.07, 6.45) is 12.9. The fourth-order valence-electron chi connectivity index (χ4n) is 8.02. The molecule has 1 aliphatic heterocycles. The predicted octanol–water partition coefficient (Wildman–Crippen LogP) is 5.00. The summed E-state index contributed by atoms with van der Waals surface area (Å²) in [5.74, 6) is 1.98. The summed E-state index contributed by atoms with van der Waals surface area (Å²) < 4.78 is 0. The van der Waals surface area contributed by atoms with E-state index in [4.69, 9.17) is 0 Å². The lowest BCUT2D eigenvalue weighted by molar-refractivity contribution is -0.0143. The Morgan fingerprint density at radius 1 is 1.18 bits per heavy atom. The second-order valence-corrected chi connectivity index (χ2v) is 12.4. The highest BCUT2D eigenvalue weighted by atomic mass is 16.3. The number of allylic oxidation sites excluding steroid dienone is 3. The van der Waals surface area contributed by atoms with Crippen LogP contribution in [0.3, 0.4) is 0 Å². The van der Waals surface area contributed by atoms with E-state index in [0.717, 1.165) is 43.0 Å². The molecule has 4 aliphatic rings. The van der Waals surface area contributed by atoms with Gasteiger partial charge in [-0.3, -0.25) is 4.90 Å². The highest BCUT2D eigenvalue weighted by molar-refractivity contribution is 5.38. The summed E-state index contributed by atoms with van der Waals surface area (Å²) in [5, 5.41) is 30.9. The van der Waals surface area contributed by atoms with Crippen molar-refractivity contribution in [2.24, 2.45) is 23.2 Å². The molecule has 0 bridgehead atoms. The number of fused-ring (bicyclic) bond motifs is 1. The quantitative estimate of drug-likeness (QED) is 0.544. The largest absolute Gasteiger partial charge is 0.393 e. The number of aliphatic hydroxyl groups excluding tert-OH is 2. The minimum Gasteiger partial charge on any atom is -0.393 e. The van der Waals surface area contributed by atoms with E-state index in [1.165, 1.54) is 32.1 Å². The molecule has 0 aromatic carbocycles. The maximum Gasteiger partial charge on any atom is 0.0811 e. The van der Waals surface area contributed by atoms with Gasteiger partial charge in [0, 0.05) is 19.0 Å². The molecule has 0 spiro atoms. The van der Waals surface area contributed by atoms with Gasteiger partial charge in [0.1, 0.15) is 0 Å². The van der Waals surface area contributed by atoms with E-state index in [9.17, 15) is 15.3 Å². The fraction of sp³-hybridized carbons (Fsp3) is 0.793. The first kappa shape index (κ1) is 25.2. The van der Waals surface area contributed by atoms with Gasteiger partial charge in [-0.2, -0.15) is 0 Å². The average Bonchev–Trinajstić information content (AvgIpc) is 3.33. The normalized spacial score (nSPS) is 41.7. The van der Waals surface area contributed by atoms with Gasteiger partial charge in [-0.1, -0.05) is 38.2 Å². The minimum absolute atomic E-state index is 0.285. The third-order valence-electron chi connectivity index (χ3n) is 9.69. The maximum absolute atomic E-state index is 10.7. The zero-order valence-corrected chi connectivity index (χ0v) is 21.4. The van der Waals surface area contributed by atoms with Crippen LogP contribution in [-0.4, -0.2) is 57.2 Å². The molecule has 4 fully saturated rings. The molecule has 0 unspecified atom stereocenters. The Bertz CT molecular complexity index is 793. The summed E-state index contributed by atoms with van der Waals surface area (Å²) in [6, 6.07) is 0.285. The van der Waals surface area contributed by atoms with Crippen molar-refractivity contribution < 1.29 is 15.3 Å². The van der Waals surface area contributed by atoms with Gasteiger partial charge in [-0.15, -0.1) is 0 Å². The van der Waals surface area contributed by atoms with Gasteiger partial charge < -0.3 is 15.3 Å². The molecule has 3 saturated carbocycles. The van der Waals surface area contributed by atoms with E-state index < -0.39 is 17.8 Å². The van der Waals surface area contributed by atoms with Crippen LogP contribution in [0.25, 0.3) is 0 Å². The van der Waals surface area contributed by atoms with Crippen molar-refractivity contribution >= 4 is 0 Å². The lowest BCUT2D eigenvalue weighted by Gasteiger charge is -2.45. The SMILES string of the molecule is C=C1/C(=C\C=C2/CCC[C@]3(C)[C@@H]([C@H](C)CN4CCC[C@@H]4C(C)(C)O)CC[C@@H]23)C[C@@H](O)C[C@@H]1O. The molecular weight excluding hydrogens is 410 g/mol. The number of rotatable bonds is 5. The van der Waals surface area contributed by atoms with Crippen LogP contribution in [0.4, 0.5) is 0 Å². The first-order valence-electron chi connectivity index (χ1n) is 13.4. The molecule has 1 heterocycles. The van der Waals surface area contributed by atoms with Crippen LogP contribution in [0.5, 0.6) is 0 Å². The molecular formula is C29H47NO3. The molecule has 7 atom stereocenters. The van der Waals surface area contributed by atoms with E-state index in [1.54, 1.807) is 5.57 Å². The number of likely N-dealkylation sites (tertiary alicyclic amines) is 1. The summed E-state index contributed by atoms with van der Waals surface area (Å²) in [4.78, 5) is 2.57. The van der Waals surface area contributed by atoms with Crippen molar-refractivity contribution in [2.45, 2.75) is 109 Å². The maximum atomic E-state index is 10.7. The van der Waals surface area contributed by atoms with Gasteiger partial charge in [-0.05, 0) is 106 Å². The third-order valence-corrected chi connectivity index (χ3v) is 9.69. The van der Waals surface area contributed by atoms with E-state index in [0.29, 0.717) is 30.1 Å². The molecule has 186 valence electrons. The average molecular weight is 458 g/mol. The Labute approximate surface area is 201 Å². The standard InChI is InChI=1S/C29H47NO3/c1-19(18-30-15-7-9-27(30)28(3,4)33)24-12-13-25-21(8-6-14-29(24,25)5)10-11-22-16-23(31)17-26(32)20(22)2/h10-11,19,23-27,31-33H,2,6-9,12-18H2,1,3-5H3/b21-10+,22-11-/t19-,23-,24-,25+,26+,27-,29-/m1/s1. The molecule has 1 saturated heterocycles. The van der Waals surface area contributed by atoms with Gasteiger partial charge in [0.25, 0.3) is 0 Å². The summed E-state index contributed by atoms with van der Waals surface area (Å²) in [7, 11) is 0. The summed E-state index contributed by atoms with van der Waals surface area (Å²) in [6.45, 7) is 15.2. The molecule has 0 aromatic rings. The van der Waals surface area contributed by atoms with Gasteiger partial charge in [0.15, 0.2) is 0 Å². The topological polar surface area (TPSA) is 63.9 Å². The Morgan fingerprint density at radius 2 is 1.94 bits per heavy atom. The van der Waals surface area contributed by atoms with Crippen molar-refractivity contribution in [1.82, 2.24) is 4.90 Å². The minimum atomic E-state index is -0.628. The van der Waals surface area contributed by atoms with Crippen LogP contribution in [0.2, 0.25) is 0 Å². The molecule has 4 rings (SSSR count). The van der Waals surface area contributed by atoms with Gasteiger partial charge in [-0.25, -0.2) is 0 Å². The van der Waals surface area contributed by atoms with Crippen molar-refractivity contribution in [3.63, 3.8) is 0 Å². The zero-order valence-electron chi connectivity index (χ0n) is 21.4. The smallest absolute Gasteiger partial charge is 0.0811 e. The molecule has 3 N–H and O–H groups in total. The molecule has 3 aliphatic carbocycles. The first-order chi connectivity index (χ1) is 15.5. The van der Waals surface area contributed by atoms with E-state index in [-0.39, 0.29) is 6.04 Å². The van der Waals surface area contributed by atoms with Crippen LogP contribution >= 0.6 is 0 Å². The van der Waals surface area contributed by atoms with Crippen molar-refractivity contribution in [1.29, 1.82) is 0 Å². The lowest BCUT2D eigenvalue weighted by atomic mass is 9.61. The van der Waals surface area contributed by atoms with Crippen LogP contribution in [-0.2, 0) is 0 Å². The van der Waals surface area contributed by atoms with Gasteiger partial charge >= 0.3 is 0 Å². The van der Waals surface area contributed by atoms with Crippen LogP contribution in [0.1, 0.15) is 85.5 Å². The molecule has 33 heavy (non-hydrogen) atoms. The zero-order chi connectivity index (χ0) is 24.0. The highest BCUT2D eigenvalue weighted by Crippen LogP contribution is 2.59. The van der Waals surface area contributed by atoms with E-state index >= 15 is 0 Å². The second-order valence-electron chi connectivity index (χ2n) is 12.4. The Morgan fingerprint density at radius 3 is 2.67 bits per heavy atom. The van der Waals surface area contributed by atoms with E-state index in [1.807, 2.05) is 13.8 Å². The fourth-order valence-corrected chi connectivity index (χ4v) is 8.02. The van der Waals surface area contributed by atoms with E-state index in [2.05, 4.69) is 37.5 Å². The van der Waals surface area contributed by atoms with Gasteiger partial charge in [0.05, 0.1) is 17.8 Å². The molecule has 4 nitrogen and oxygen atoms in total. The number of hydrogen-bond donors (Lipinski definition) is 3. The van der Waals surface area contributed by atoms with Crippen LogP contribution in [0.15, 0.2) is 35.5 Å². The number of nitrogens with zero attached hydrogens (tertiary/aromatic N) is 1. The number of aliphatic hydroxyl groups is 3. The van der Waals surface area contributed by atoms with Crippen LogP contribution in [0, 0.1) is 23.2 Å². The van der Waals surface area contributed by atoms with Crippen molar-refractivity contribution in [3.8, 4) is 0 Å². The Kier molecular flexibility index (Phi) is 7.32. The van der Waals surface area contributed by atoms with Crippen molar-refractivity contribution in [3.05, 3.63) is 35.5 Å². The molecule has 0 amide bonds. The summed E-state index contributed by atoms with van der Waals surface area (Å²) in [5.41, 5.74) is 3.06. The van der Waals surface area contributed by atoms with Crippen molar-refractivity contribution in [2.75, 3.05) is 13.1 Å². The molecule has 0 radical (unpaired) electrons. The Hall–Kier alpha value is -0.940. The monoisotopic (exact) mass is 457 g/mol. The first-order valence-corrected chi connectivity index (χ1v) is 13.4. The molecule has 4 heteroatoms. The predicted molar refractivity (Wildman–Crippen MR) is 135 cm³/mol. The second kappa shape index (κ2) is 9.60. The lowest BCUT2D eigenvalue weighted by Crippen LogP contribution is -2.48. The van der Waals surface area contributed by atoms with Crippen LogP contribution < -0.4 is 0 Å². The van der Waals surface area contributed by atoms with Gasteiger partial charge in [0.2, 0.25) is 0 Å². The third kappa shape index (κ3) is 5.05. The Balaban J connectivity index is 1.48. The molecule has 0 aromatic heterocycles. The highest BCUT2D eigenvalue weighted by Gasteiger charge is 2.51. The summed E-state index contributed by atoms with van der Waals surface area (Å²) >= 11 is 0. The number of hydrogen-bond acceptors (Lipinski definition) is 4.